The molecule has 2 aromatic carbocycles. The van der Waals surface area contributed by atoms with E-state index in [2.05, 4.69) is 16.0 Å². The maximum atomic E-state index is 4.14. The fraction of sp³-hybridized carbons (Fsp3) is 0.133. The minimum Gasteiger partial charge on any atom is -0.221 e. The van der Waals surface area contributed by atoms with Gasteiger partial charge in [-0.2, -0.15) is 0 Å². The number of aliphatic imine (C=N–C) groups is 2. The Balaban J connectivity index is 1.85. The average Bonchev–Trinajstić information content (AvgIpc) is 2.41. The Labute approximate surface area is 101 Å². The second kappa shape index (κ2) is 6.41. The molecule has 0 aliphatic heterocycles. The molecule has 0 atom stereocenters. The Bertz CT molecular complexity index is 451. The van der Waals surface area contributed by atoms with Crippen molar-refractivity contribution in [2.45, 2.75) is 13.1 Å². The third-order valence-corrected chi connectivity index (χ3v) is 2.35. The molecular weight excluding hydrogens is 208 g/mol. The van der Waals surface area contributed by atoms with Crippen LogP contribution in [0, 0.1) is 0 Å². The summed E-state index contributed by atoms with van der Waals surface area (Å²) in [5.74, 6) is 0. The molecule has 0 N–H and O–H groups in total. The van der Waals surface area contributed by atoms with Gasteiger partial charge in [-0.3, -0.25) is 0 Å². The maximum absolute atomic E-state index is 4.14. The summed E-state index contributed by atoms with van der Waals surface area (Å²) in [5.41, 5.74) is 2.35. The highest BCUT2D eigenvalue weighted by Gasteiger charge is 1.86. The second-order valence-electron chi connectivity index (χ2n) is 3.70. The van der Waals surface area contributed by atoms with E-state index in [-0.39, 0.29) is 0 Å². The van der Waals surface area contributed by atoms with Crippen LogP contribution in [-0.2, 0) is 13.1 Å². The first-order valence-corrected chi connectivity index (χ1v) is 5.61. The molecule has 0 fully saturated rings. The maximum Gasteiger partial charge on any atom is 0.0899 e. The summed E-state index contributed by atoms with van der Waals surface area (Å²) in [6, 6.07) is 22.9. The van der Waals surface area contributed by atoms with Gasteiger partial charge in [0.2, 0.25) is 0 Å². The van der Waals surface area contributed by atoms with Gasteiger partial charge in [-0.15, -0.1) is 0 Å². The first-order chi connectivity index (χ1) is 8.45. The van der Waals surface area contributed by atoms with Crippen molar-refractivity contribution in [3.05, 3.63) is 71.8 Å². The Morgan fingerprint density at radius 2 is 1.06 bits per heavy atom. The van der Waals surface area contributed by atoms with Crippen LogP contribution in [0.2, 0.25) is 0 Å². The van der Waals surface area contributed by atoms with Crippen LogP contribution < -0.4 is 0 Å². The van der Waals surface area contributed by atoms with Crippen LogP contribution in [0.3, 0.4) is 0 Å². The van der Waals surface area contributed by atoms with Crippen LogP contribution in [-0.4, -0.2) is 6.01 Å². The molecule has 0 aliphatic carbocycles. The molecule has 2 nitrogen and oxygen atoms in total. The lowest BCUT2D eigenvalue weighted by atomic mass is 10.2. The van der Waals surface area contributed by atoms with Gasteiger partial charge in [0.25, 0.3) is 0 Å². The molecule has 0 aliphatic rings. The quantitative estimate of drug-likeness (QED) is 0.707. The molecule has 0 heterocycles. The first-order valence-electron chi connectivity index (χ1n) is 5.61. The van der Waals surface area contributed by atoms with E-state index in [1.165, 1.54) is 11.1 Å². The molecule has 2 aromatic rings. The minimum atomic E-state index is 0.638. The Morgan fingerprint density at radius 1 is 0.647 bits per heavy atom. The van der Waals surface area contributed by atoms with E-state index < -0.39 is 0 Å². The van der Waals surface area contributed by atoms with Crippen molar-refractivity contribution < 1.29 is 0 Å². The van der Waals surface area contributed by atoms with Crippen LogP contribution in [0.5, 0.6) is 0 Å². The van der Waals surface area contributed by atoms with Crippen LogP contribution in [0.1, 0.15) is 11.1 Å². The summed E-state index contributed by atoms with van der Waals surface area (Å²) < 4.78 is 0. The van der Waals surface area contributed by atoms with Gasteiger partial charge in [-0.1, -0.05) is 60.7 Å². The molecule has 0 spiro atoms. The SMILES string of the molecule is C(=NCc1ccccc1)=NCc1ccccc1. The van der Waals surface area contributed by atoms with Crippen LogP contribution in [0.4, 0.5) is 0 Å². The van der Waals surface area contributed by atoms with Gasteiger partial charge in [0.05, 0.1) is 19.1 Å². The summed E-state index contributed by atoms with van der Waals surface area (Å²) in [4.78, 5) is 8.28. The van der Waals surface area contributed by atoms with Gasteiger partial charge in [-0.05, 0) is 11.1 Å². The first kappa shape index (κ1) is 11.3. The molecule has 2 heteroatoms. The van der Waals surface area contributed by atoms with Crippen molar-refractivity contribution in [1.82, 2.24) is 0 Å². The molecule has 17 heavy (non-hydrogen) atoms. The van der Waals surface area contributed by atoms with Gasteiger partial charge < -0.3 is 0 Å². The highest BCUT2D eigenvalue weighted by Crippen LogP contribution is 2.00. The summed E-state index contributed by atoms with van der Waals surface area (Å²) in [5, 5.41) is 0. The van der Waals surface area contributed by atoms with E-state index in [0.29, 0.717) is 13.1 Å². The zero-order valence-corrected chi connectivity index (χ0v) is 9.58. The van der Waals surface area contributed by atoms with Crippen molar-refractivity contribution >= 4 is 6.01 Å². The minimum absolute atomic E-state index is 0.638. The summed E-state index contributed by atoms with van der Waals surface area (Å²) in [7, 11) is 0. The van der Waals surface area contributed by atoms with E-state index in [1.807, 2.05) is 60.7 Å². The van der Waals surface area contributed by atoms with E-state index in [9.17, 15) is 0 Å². The van der Waals surface area contributed by atoms with E-state index >= 15 is 0 Å². The lowest BCUT2D eigenvalue weighted by Gasteiger charge is -1.92. The molecule has 0 radical (unpaired) electrons. The van der Waals surface area contributed by atoms with Crippen LogP contribution >= 0.6 is 0 Å². The van der Waals surface area contributed by atoms with Gasteiger partial charge in [-0.25, -0.2) is 9.98 Å². The average molecular weight is 222 g/mol. The number of hydrogen-bond donors (Lipinski definition) is 0. The normalized spacial score (nSPS) is 9.41. The van der Waals surface area contributed by atoms with Gasteiger partial charge in [0, 0.05) is 0 Å². The van der Waals surface area contributed by atoms with Crippen LogP contribution in [0.25, 0.3) is 0 Å². The van der Waals surface area contributed by atoms with Crippen molar-refractivity contribution in [3.63, 3.8) is 0 Å². The molecular formula is C15H14N2. The summed E-state index contributed by atoms with van der Waals surface area (Å²) >= 11 is 0. The smallest absolute Gasteiger partial charge is 0.0899 e. The van der Waals surface area contributed by atoms with E-state index in [0.717, 1.165) is 0 Å². The molecule has 0 saturated heterocycles. The predicted molar refractivity (Wildman–Crippen MR) is 70.2 cm³/mol. The fourth-order valence-corrected chi connectivity index (χ4v) is 1.47. The standard InChI is InChI=1S/C15H14N2/c1-3-7-14(8-4-1)11-16-13-17-12-15-9-5-2-6-10-15/h1-10H,11-12H2. The van der Waals surface area contributed by atoms with E-state index in [1.54, 1.807) is 0 Å². The largest absolute Gasteiger partial charge is 0.221 e. The van der Waals surface area contributed by atoms with Crippen molar-refractivity contribution in [1.29, 1.82) is 0 Å². The molecule has 0 aromatic heterocycles. The topological polar surface area (TPSA) is 24.7 Å². The van der Waals surface area contributed by atoms with Gasteiger partial charge >= 0.3 is 0 Å². The molecule has 0 saturated carbocycles. The van der Waals surface area contributed by atoms with Crippen LogP contribution in [0.15, 0.2) is 70.6 Å². The molecule has 2 rings (SSSR count). The number of nitrogens with zero attached hydrogens (tertiary/aromatic N) is 2. The Hall–Kier alpha value is -2.18. The molecule has 84 valence electrons. The highest BCUT2D eigenvalue weighted by molar-refractivity contribution is 5.41. The highest BCUT2D eigenvalue weighted by atomic mass is 14.8. The van der Waals surface area contributed by atoms with Gasteiger partial charge in [0.1, 0.15) is 0 Å². The zero-order valence-electron chi connectivity index (χ0n) is 9.58. The number of rotatable bonds is 4. The van der Waals surface area contributed by atoms with Crippen molar-refractivity contribution in [2.24, 2.45) is 9.98 Å². The third-order valence-electron chi connectivity index (χ3n) is 2.35. The fourth-order valence-electron chi connectivity index (χ4n) is 1.47. The monoisotopic (exact) mass is 222 g/mol. The molecule has 0 unspecified atom stereocenters. The number of benzene rings is 2. The van der Waals surface area contributed by atoms with Crippen molar-refractivity contribution in [3.8, 4) is 0 Å². The lowest BCUT2D eigenvalue weighted by Crippen LogP contribution is -1.80. The third kappa shape index (κ3) is 4.06. The second-order valence-corrected chi connectivity index (χ2v) is 3.70. The van der Waals surface area contributed by atoms with E-state index in [4.69, 9.17) is 0 Å². The summed E-state index contributed by atoms with van der Waals surface area (Å²) in [6.45, 7) is 1.28. The predicted octanol–water partition coefficient (Wildman–Crippen LogP) is 3.56. The lowest BCUT2D eigenvalue weighted by molar-refractivity contribution is 1.04. The summed E-state index contributed by atoms with van der Waals surface area (Å²) in [6.07, 6.45) is 0. The zero-order chi connectivity index (χ0) is 11.8. The van der Waals surface area contributed by atoms with Gasteiger partial charge in [0.15, 0.2) is 0 Å². The molecule has 0 bridgehead atoms. The molecule has 0 amide bonds. The number of hydrogen-bond acceptors (Lipinski definition) is 2. The van der Waals surface area contributed by atoms with Crippen molar-refractivity contribution in [2.75, 3.05) is 0 Å². The Kier molecular flexibility index (Phi) is 4.27. The Morgan fingerprint density at radius 3 is 1.47 bits per heavy atom.